The summed E-state index contributed by atoms with van der Waals surface area (Å²) in [5.74, 6) is -0.815. The predicted molar refractivity (Wildman–Crippen MR) is 59.0 cm³/mol. The van der Waals surface area contributed by atoms with E-state index in [-0.39, 0.29) is 0 Å². The van der Waals surface area contributed by atoms with Crippen molar-refractivity contribution in [2.75, 3.05) is 0 Å². The second kappa shape index (κ2) is 3.12. The maximum Gasteiger partial charge on any atom is 0.313 e. The van der Waals surface area contributed by atoms with Crippen molar-refractivity contribution in [1.29, 1.82) is 0 Å². The molecular weight excluding hydrogens is 190 g/mol. The molecule has 0 unspecified atom stereocenters. The number of aromatic nitrogens is 1. The molecule has 0 spiro atoms. The Bertz CT molecular complexity index is 511. The second-order valence-corrected chi connectivity index (χ2v) is 4.18. The van der Waals surface area contributed by atoms with E-state index in [2.05, 4.69) is 4.98 Å². The zero-order chi connectivity index (χ0) is 11.1. The third kappa shape index (κ3) is 1.40. The molecule has 15 heavy (non-hydrogen) atoms. The first-order valence-electron chi connectivity index (χ1n) is 4.83. The number of H-pyrrole nitrogens is 1. The van der Waals surface area contributed by atoms with Crippen LogP contribution < -0.4 is 0 Å². The van der Waals surface area contributed by atoms with Crippen molar-refractivity contribution < 1.29 is 9.90 Å². The Balaban J connectivity index is 2.71. The number of aliphatic carboxylic acids is 1. The van der Waals surface area contributed by atoms with Gasteiger partial charge in [0.15, 0.2) is 0 Å². The second-order valence-electron chi connectivity index (χ2n) is 4.18. The van der Waals surface area contributed by atoms with Crippen molar-refractivity contribution in [1.82, 2.24) is 4.98 Å². The molecule has 0 aliphatic heterocycles. The van der Waals surface area contributed by atoms with Crippen LogP contribution in [-0.4, -0.2) is 16.1 Å². The van der Waals surface area contributed by atoms with Crippen LogP contribution in [0.3, 0.4) is 0 Å². The maximum absolute atomic E-state index is 11.2. The molecule has 3 nitrogen and oxygen atoms in total. The number of hydrogen-bond donors (Lipinski definition) is 2. The highest BCUT2D eigenvalue weighted by Gasteiger charge is 2.31. The van der Waals surface area contributed by atoms with Crippen LogP contribution in [0.15, 0.2) is 30.5 Å². The van der Waals surface area contributed by atoms with Gasteiger partial charge in [-0.3, -0.25) is 4.79 Å². The zero-order valence-electron chi connectivity index (χ0n) is 8.74. The minimum atomic E-state index is -0.871. The van der Waals surface area contributed by atoms with E-state index in [4.69, 9.17) is 0 Å². The number of hydrogen-bond acceptors (Lipinski definition) is 1. The number of aromatic amines is 1. The van der Waals surface area contributed by atoms with Crippen molar-refractivity contribution in [3.05, 3.63) is 36.0 Å². The van der Waals surface area contributed by atoms with Gasteiger partial charge >= 0.3 is 5.97 Å². The quantitative estimate of drug-likeness (QED) is 0.788. The highest BCUT2D eigenvalue weighted by Crippen LogP contribution is 2.29. The monoisotopic (exact) mass is 203 g/mol. The molecule has 0 saturated heterocycles. The summed E-state index contributed by atoms with van der Waals surface area (Å²) in [6.07, 6.45) is 1.83. The van der Waals surface area contributed by atoms with E-state index >= 15 is 0 Å². The average Bonchev–Trinajstić information content (AvgIpc) is 2.64. The van der Waals surface area contributed by atoms with Gasteiger partial charge in [-0.15, -0.1) is 0 Å². The molecule has 0 amide bonds. The molecular formula is C12H13NO2. The lowest BCUT2D eigenvalue weighted by Crippen LogP contribution is -2.28. The van der Waals surface area contributed by atoms with E-state index in [0.29, 0.717) is 0 Å². The first-order valence-corrected chi connectivity index (χ1v) is 4.83. The number of para-hydroxylation sites is 1. The number of nitrogens with one attached hydrogen (secondary N) is 1. The number of carboxylic acid groups (broad SMARTS) is 1. The van der Waals surface area contributed by atoms with Gasteiger partial charge in [0.2, 0.25) is 0 Å². The number of rotatable bonds is 2. The summed E-state index contributed by atoms with van der Waals surface area (Å²) in [5, 5.41) is 10.2. The minimum Gasteiger partial charge on any atom is -0.481 e. The minimum absolute atomic E-state index is 0.815. The van der Waals surface area contributed by atoms with Gasteiger partial charge in [0.1, 0.15) is 0 Å². The summed E-state index contributed by atoms with van der Waals surface area (Å²) in [7, 11) is 0. The van der Waals surface area contributed by atoms with Crippen LogP contribution in [0.1, 0.15) is 19.4 Å². The van der Waals surface area contributed by atoms with Crippen LogP contribution in [0.25, 0.3) is 10.9 Å². The van der Waals surface area contributed by atoms with Gasteiger partial charge in [0.25, 0.3) is 0 Å². The van der Waals surface area contributed by atoms with Gasteiger partial charge in [0.05, 0.1) is 5.41 Å². The van der Waals surface area contributed by atoms with Gasteiger partial charge in [-0.2, -0.15) is 0 Å². The summed E-state index contributed by atoms with van der Waals surface area (Å²) in [4.78, 5) is 14.3. The third-order valence-corrected chi connectivity index (χ3v) is 2.80. The van der Waals surface area contributed by atoms with E-state index in [0.717, 1.165) is 16.5 Å². The Labute approximate surface area is 87.7 Å². The van der Waals surface area contributed by atoms with E-state index in [9.17, 15) is 9.90 Å². The van der Waals surface area contributed by atoms with Crippen LogP contribution in [-0.2, 0) is 10.2 Å². The molecule has 0 bridgehead atoms. The van der Waals surface area contributed by atoms with E-state index in [1.807, 2.05) is 30.5 Å². The Hall–Kier alpha value is -1.77. The number of carbonyl (C=O) groups is 1. The lowest BCUT2D eigenvalue weighted by molar-refractivity contribution is -0.142. The SMILES string of the molecule is CC(C)(C(=O)O)c1cccc2cc[nH]c12. The molecule has 78 valence electrons. The van der Waals surface area contributed by atoms with Crippen molar-refractivity contribution in [2.24, 2.45) is 0 Å². The predicted octanol–water partition coefficient (Wildman–Crippen LogP) is 2.53. The lowest BCUT2D eigenvalue weighted by atomic mass is 9.84. The molecule has 2 N–H and O–H groups in total. The molecule has 0 atom stereocenters. The van der Waals surface area contributed by atoms with Crippen molar-refractivity contribution in [3.63, 3.8) is 0 Å². The van der Waals surface area contributed by atoms with Crippen LogP contribution >= 0.6 is 0 Å². The number of fused-ring (bicyclic) bond motifs is 1. The fourth-order valence-corrected chi connectivity index (χ4v) is 1.72. The van der Waals surface area contributed by atoms with Gasteiger partial charge in [-0.1, -0.05) is 18.2 Å². The largest absolute Gasteiger partial charge is 0.481 e. The Kier molecular flexibility index (Phi) is 2.03. The molecule has 0 radical (unpaired) electrons. The number of carboxylic acids is 1. The van der Waals surface area contributed by atoms with Gasteiger partial charge in [0, 0.05) is 11.7 Å². The van der Waals surface area contributed by atoms with E-state index in [1.54, 1.807) is 13.8 Å². The summed E-state index contributed by atoms with van der Waals surface area (Å²) < 4.78 is 0. The van der Waals surface area contributed by atoms with Crippen LogP contribution in [0.2, 0.25) is 0 Å². The average molecular weight is 203 g/mol. The normalized spacial score (nSPS) is 11.9. The fraction of sp³-hybridized carbons (Fsp3) is 0.250. The fourth-order valence-electron chi connectivity index (χ4n) is 1.72. The van der Waals surface area contributed by atoms with Crippen molar-refractivity contribution in [3.8, 4) is 0 Å². The Morgan fingerprint density at radius 2 is 2.07 bits per heavy atom. The molecule has 0 fully saturated rings. The van der Waals surface area contributed by atoms with E-state index < -0.39 is 11.4 Å². The maximum atomic E-state index is 11.2. The van der Waals surface area contributed by atoms with Crippen LogP contribution in [0.5, 0.6) is 0 Å². The van der Waals surface area contributed by atoms with Gasteiger partial charge in [-0.25, -0.2) is 0 Å². The summed E-state index contributed by atoms with van der Waals surface area (Å²) in [6, 6.07) is 7.65. The summed E-state index contributed by atoms with van der Waals surface area (Å²) >= 11 is 0. The molecule has 0 saturated carbocycles. The standard InChI is InChI=1S/C12H13NO2/c1-12(2,11(14)15)9-5-3-4-8-6-7-13-10(8)9/h3-7,13H,1-2H3,(H,14,15). The Morgan fingerprint density at radius 3 is 2.73 bits per heavy atom. The van der Waals surface area contributed by atoms with Gasteiger partial charge < -0.3 is 10.1 Å². The van der Waals surface area contributed by atoms with Crippen LogP contribution in [0.4, 0.5) is 0 Å². The summed E-state index contributed by atoms with van der Waals surface area (Å²) in [6.45, 7) is 3.43. The van der Waals surface area contributed by atoms with Crippen molar-refractivity contribution >= 4 is 16.9 Å². The molecule has 3 heteroatoms. The Morgan fingerprint density at radius 1 is 1.33 bits per heavy atom. The van der Waals surface area contributed by atoms with Crippen LogP contribution in [0, 0.1) is 0 Å². The molecule has 1 aromatic heterocycles. The highest BCUT2D eigenvalue weighted by molar-refractivity contribution is 5.90. The molecule has 0 aliphatic carbocycles. The number of benzene rings is 1. The topological polar surface area (TPSA) is 53.1 Å². The molecule has 1 aromatic carbocycles. The first kappa shape index (κ1) is 9.77. The van der Waals surface area contributed by atoms with Gasteiger partial charge in [-0.05, 0) is 30.9 Å². The van der Waals surface area contributed by atoms with E-state index in [1.165, 1.54) is 0 Å². The summed E-state index contributed by atoms with van der Waals surface area (Å²) in [5.41, 5.74) is 0.854. The molecule has 1 heterocycles. The molecule has 2 rings (SSSR count). The van der Waals surface area contributed by atoms with Crippen molar-refractivity contribution in [2.45, 2.75) is 19.3 Å². The highest BCUT2D eigenvalue weighted by atomic mass is 16.4. The third-order valence-electron chi connectivity index (χ3n) is 2.80. The molecule has 0 aliphatic rings. The lowest BCUT2D eigenvalue weighted by Gasteiger charge is -2.20. The first-order chi connectivity index (χ1) is 7.03. The smallest absolute Gasteiger partial charge is 0.313 e. The molecule has 2 aromatic rings. The zero-order valence-corrected chi connectivity index (χ0v) is 8.74.